The highest BCUT2D eigenvalue weighted by Gasteiger charge is 2.40. The van der Waals surface area contributed by atoms with Crippen molar-refractivity contribution in [1.29, 1.82) is 0 Å². The van der Waals surface area contributed by atoms with Gasteiger partial charge in [0.05, 0.1) is 26.8 Å². The van der Waals surface area contributed by atoms with Gasteiger partial charge < -0.3 is 14.8 Å². The molecule has 0 radical (unpaired) electrons. The number of nitrogens with one attached hydrogen (secondary N) is 2. The van der Waals surface area contributed by atoms with E-state index in [0.29, 0.717) is 17.0 Å². The second kappa shape index (κ2) is 12.9. The lowest BCUT2D eigenvalue weighted by Gasteiger charge is -2.39. The third-order valence-corrected chi connectivity index (χ3v) is 8.26. The number of amides is 1. The highest BCUT2D eigenvalue weighted by molar-refractivity contribution is 6.40. The number of halogens is 2. The first kappa shape index (κ1) is 30.0. The van der Waals surface area contributed by atoms with Crippen molar-refractivity contribution in [2.45, 2.75) is 18.0 Å². The molecule has 0 spiro atoms. The highest BCUT2D eigenvalue weighted by atomic mass is 35.5. The van der Waals surface area contributed by atoms with E-state index in [1.54, 1.807) is 28.9 Å². The predicted molar refractivity (Wildman–Crippen MR) is 175 cm³/mol. The van der Waals surface area contributed by atoms with Crippen molar-refractivity contribution in [1.82, 2.24) is 19.7 Å². The molecule has 3 aromatic carbocycles. The third kappa shape index (κ3) is 5.91. The topological polar surface area (TPSA) is 109 Å². The van der Waals surface area contributed by atoms with Gasteiger partial charge >= 0.3 is 5.97 Å². The molecule has 3 N–H and O–H groups in total. The predicted octanol–water partition coefficient (Wildman–Crippen LogP) is 6.87. The van der Waals surface area contributed by atoms with Crippen LogP contribution in [0.1, 0.15) is 32.7 Å². The van der Waals surface area contributed by atoms with Crippen LogP contribution in [0.2, 0.25) is 10.0 Å². The summed E-state index contributed by atoms with van der Waals surface area (Å²) in [6, 6.07) is 31.9. The summed E-state index contributed by atoms with van der Waals surface area (Å²) in [5, 5.41) is 17.3. The number of aromatic nitrogens is 3. The fraction of sp³-hybridized carbons (Fsp3) is 0.0857. The molecule has 6 aromatic rings. The number of pyridine rings is 2. The largest absolute Gasteiger partial charge is 0.480 e. The molecule has 0 saturated carbocycles. The zero-order valence-corrected chi connectivity index (χ0v) is 25.3. The zero-order chi connectivity index (χ0) is 31.4. The Labute approximate surface area is 269 Å². The molecule has 1 amide bonds. The van der Waals surface area contributed by atoms with Crippen molar-refractivity contribution in [2.75, 3.05) is 5.32 Å². The number of benzene rings is 3. The Morgan fingerprint density at radius 3 is 1.84 bits per heavy atom. The molecule has 0 aliphatic rings. The van der Waals surface area contributed by atoms with Crippen molar-refractivity contribution in [2.24, 2.45) is 0 Å². The molecule has 8 nitrogen and oxygen atoms in total. The van der Waals surface area contributed by atoms with Crippen LogP contribution in [-0.4, -0.2) is 37.4 Å². The van der Waals surface area contributed by atoms with Gasteiger partial charge in [-0.2, -0.15) is 0 Å². The molecule has 224 valence electrons. The minimum absolute atomic E-state index is 0.0938. The lowest BCUT2D eigenvalue weighted by atomic mass is 9.76. The molecule has 3 aromatic heterocycles. The van der Waals surface area contributed by atoms with E-state index in [2.05, 4.69) is 20.6 Å². The van der Waals surface area contributed by atoms with Crippen molar-refractivity contribution in [3.63, 3.8) is 0 Å². The van der Waals surface area contributed by atoms with Crippen molar-refractivity contribution < 1.29 is 14.7 Å². The first-order valence-corrected chi connectivity index (χ1v) is 14.9. The van der Waals surface area contributed by atoms with Crippen LogP contribution >= 0.6 is 23.2 Å². The molecule has 0 fully saturated rings. The van der Waals surface area contributed by atoms with E-state index in [0.717, 1.165) is 16.7 Å². The first-order valence-electron chi connectivity index (χ1n) is 14.1. The van der Waals surface area contributed by atoms with Gasteiger partial charge in [-0.25, -0.2) is 4.98 Å². The van der Waals surface area contributed by atoms with Crippen LogP contribution in [0.15, 0.2) is 128 Å². The molecule has 1 atom stereocenters. The Morgan fingerprint density at radius 2 is 1.33 bits per heavy atom. The van der Waals surface area contributed by atoms with E-state index >= 15 is 0 Å². The summed E-state index contributed by atoms with van der Waals surface area (Å²) < 4.78 is 1.76. The number of rotatable bonds is 10. The van der Waals surface area contributed by atoms with Crippen LogP contribution in [0.3, 0.4) is 0 Å². The van der Waals surface area contributed by atoms with Gasteiger partial charge in [-0.3, -0.25) is 19.9 Å². The first-order chi connectivity index (χ1) is 21.9. The molecule has 0 aliphatic heterocycles. The number of imidazole rings is 1. The van der Waals surface area contributed by atoms with Gasteiger partial charge in [0.1, 0.15) is 6.04 Å². The molecule has 6 rings (SSSR count). The molecule has 0 unspecified atom stereocenters. The summed E-state index contributed by atoms with van der Waals surface area (Å²) in [6.45, 7) is 0. The van der Waals surface area contributed by atoms with Gasteiger partial charge in [0.25, 0.3) is 5.91 Å². The van der Waals surface area contributed by atoms with Gasteiger partial charge in [0.15, 0.2) is 5.65 Å². The van der Waals surface area contributed by atoms with Crippen molar-refractivity contribution in [3.05, 3.63) is 166 Å². The number of carboxylic acids is 1. The number of carbonyl (C=O) groups excluding carboxylic acids is 1. The van der Waals surface area contributed by atoms with Gasteiger partial charge in [-0.15, -0.1) is 0 Å². The number of nitrogens with zero attached hydrogens (tertiary/aromatic N) is 3. The zero-order valence-electron chi connectivity index (χ0n) is 23.8. The summed E-state index contributed by atoms with van der Waals surface area (Å²) in [5.41, 5.74) is 3.31. The monoisotopic (exact) mass is 635 g/mol. The van der Waals surface area contributed by atoms with Crippen molar-refractivity contribution >= 4 is 46.4 Å². The summed E-state index contributed by atoms with van der Waals surface area (Å²) in [4.78, 5) is 34.5. The Hall–Kier alpha value is -5.02. The highest BCUT2D eigenvalue weighted by Crippen LogP contribution is 2.37. The molecule has 0 aliphatic carbocycles. The van der Waals surface area contributed by atoms with Gasteiger partial charge in [0, 0.05) is 36.9 Å². The summed E-state index contributed by atoms with van der Waals surface area (Å²) >= 11 is 12.4. The van der Waals surface area contributed by atoms with Crippen molar-refractivity contribution in [3.8, 4) is 0 Å². The molecule has 45 heavy (non-hydrogen) atoms. The molecular formula is C35H27Cl2N5O3. The number of hydrogen-bond donors (Lipinski definition) is 3. The van der Waals surface area contributed by atoms with Gasteiger partial charge in [0.2, 0.25) is 0 Å². The summed E-state index contributed by atoms with van der Waals surface area (Å²) in [6.07, 6.45) is 6.11. The number of aliphatic carboxylic acids is 1. The Balaban J connectivity index is 1.40. The Kier molecular flexibility index (Phi) is 8.62. The van der Waals surface area contributed by atoms with Crippen LogP contribution in [0, 0.1) is 0 Å². The van der Waals surface area contributed by atoms with Crippen LogP contribution in [-0.2, 0) is 16.8 Å². The fourth-order valence-corrected chi connectivity index (χ4v) is 6.17. The minimum Gasteiger partial charge on any atom is -0.480 e. The minimum atomic E-state index is -1.04. The van der Waals surface area contributed by atoms with Crippen LogP contribution in [0.25, 0.3) is 5.65 Å². The van der Waals surface area contributed by atoms with E-state index in [-0.39, 0.29) is 22.0 Å². The van der Waals surface area contributed by atoms with E-state index in [1.807, 2.05) is 91.0 Å². The fourth-order valence-electron chi connectivity index (χ4n) is 5.63. The lowest BCUT2D eigenvalue weighted by Crippen LogP contribution is -2.53. The van der Waals surface area contributed by atoms with Crippen LogP contribution in [0.5, 0.6) is 0 Å². The summed E-state index contributed by atoms with van der Waals surface area (Å²) in [5.74, 6) is -1.54. The maximum absolute atomic E-state index is 13.1. The Morgan fingerprint density at radius 1 is 0.800 bits per heavy atom. The number of carbonyl (C=O) groups is 2. The average molecular weight is 637 g/mol. The number of fused-ring (bicyclic) bond motifs is 1. The maximum atomic E-state index is 13.1. The molecule has 0 bridgehead atoms. The normalized spacial score (nSPS) is 12.1. The second-order valence-electron chi connectivity index (χ2n) is 10.4. The van der Waals surface area contributed by atoms with Crippen LogP contribution in [0.4, 0.5) is 5.69 Å². The number of hydrogen-bond acceptors (Lipinski definition) is 5. The van der Waals surface area contributed by atoms with Crippen LogP contribution < -0.4 is 10.6 Å². The SMILES string of the molecule is O=C(Nc1ccc(C[C@H](NC(c2ccccc2)(c2ccccc2)c2ccccc2)C(=O)O)n2ccnc12)c1c(Cl)cncc1Cl. The molecule has 10 heteroatoms. The second-order valence-corrected chi connectivity index (χ2v) is 11.2. The summed E-state index contributed by atoms with van der Waals surface area (Å²) in [7, 11) is 0. The average Bonchev–Trinajstić information content (AvgIpc) is 3.56. The molecule has 0 saturated heterocycles. The number of carboxylic acid groups (broad SMARTS) is 1. The van der Waals surface area contributed by atoms with Gasteiger partial charge in [-0.1, -0.05) is 114 Å². The number of anilines is 1. The lowest BCUT2D eigenvalue weighted by molar-refractivity contribution is -0.139. The maximum Gasteiger partial charge on any atom is 0.321 e. The smallest absolute Gasteiger partial charge is 0.321 e. The quantitative estimate of drug-likeness (QED) is 0.142. The molecular weight excluding hydrogens is 609 g/mol. The standard InChI is InChI=1S/C35H27Cl2N5O3/c36-27-21-38-22-28(37)31(27)33(43)40-29-17-16-26(42-19-18-39-32(29)42)20-30(34(44)45)41-35(23-10-4-1-5-11-23,24-12-6-2-7-13-24)25-14-8-3-9-15-25/h1-19,21-22,30,41H,20H2,(H,40,43)(H,44,45)/t30-/m0/s1. The van der Waals surface area contributed by atoms with E-state index in [9.17, 15) is 14.7 Å². The van der Waals surface area contributed by atoms with E-state index < -0.39 is 23.5 Å². The van der Waals surface area contributed by atoms with E-state index in [1.165, 1.54) is 12.4 Å². The third-order valence-electron chi connectivity index (χ3n) is 7.68. The van der Waals surface area contributed by atoms with Gasteiger partial charge in [-0.05, 0) is 28.8 Å². The Bertz CT molecular complexity index is 1850. The molecule has 3 heterocycles. The van der Waals surface area contributed by atoms with E-state index in [4.69, 9.17) is 23.2 Å².